The number of fused-ring (bicyclic) bond motifs is 1. The molecule has 2 aromatic carbocycles. The Bertz CT molecular complexity index is 1000. The van der Waals surface area contributed by atoms with Crippen molar-refractivity contribution in [3.05, 3.63) is 64.8 Å². The van der Waals surface area contributed by atoms with Gasteiger partial charge in [-0.15, -0.1) is 0 Å². The summed E-state index contributed by atoms with van der Waals surface area (Å²) in [5, 5.41) is 4.98. The first-order valence-corrected chi connectivity index (χ1v) is 9.29. The number of carbonyl (C=O) groups excluding carboxylic acids is 1. The average Bonchev–Trinajstić information content (AvgIpc) is 2.71. The minimum absolute atomic E-state index is 0.0428. The summed E-state index contributed by atoms with van der Waals surface area (Å²) in [7, 11) is 0. The zero-order valence-electron chi connectivity index (χ0n) is 15.0. The predicted octanol–water partition coefficient (Wildman–Crippen LogP) is 4.41. The summed E-state index contributed by atoms with van der Waals surface area (Å²) < 4.78 is 5.37. The van der Waals surface area contributed by atoms with Crippen LogP contribution in [0.1, 0.15) is 15.9 Å². The van der Waals surface area contributed by atoms with E-state index in [9.17, 15) is 4.79 Å². The zero-order chi connectivity index (χ0) is 18.8. The van der Waals surface area contributed by atoms with Gasteiger partial charge in [-0.1, -0.05) is 35.9 Å². The van der Waals surface area contributed by atoms with Crippen LogP contribution in [-0.2, 0) is 4.74 Å². The number of aryl methyl sites for hydroxylation is 1. The lowest BCUT2D eigenvalue weighted by Crippen LogP contribution is -2.41. The van der Waals surface area contributed by atoms with E-state index in [4.69, 9.17) is 16.3 Å². The first-order chi connectivity index (χ1) is 13.1. The van der Waals surface area contributed by atoms with Gasteiger partial charge < -0.3 is 15.0 Å². The van der Waals surface area contributed by atoms with Crippen molar-refractivity contribution in [3.8, 4) is 0 Å². The summed E-state index contributed by atoms with van der Waals surface area (Å²) >= 11 is 6.18. The Morgan fingerprint density at radius 3 is 2.78 bits per heavy atom. The molecule has 0 spiro atoms. The van der Waals surface area contributed by atoms with Crippen molar-refractivity contribution >= 4 is 39.8 Å². The summed E-state index contributed by atoms with van der Waals surface area (Å²) in [6.07, 6.45) is 1.66. The minimum Gasteiger partial charge on any atom is -0.378 e. The lowest BCUT2D eigenvalue weighted by Gasteiger charge is -2.28. The van der Waals surface area contributed by atoms with Crippen LogP contribution >= 0.6 is 11.6 Å². The smallest absolute Gasteiger partial charge is 0.257 e. The molecule has 1 aromatic heterocycles. The lowest BCUT2D eigenvalue weighted by atomic mass is 10.1. The number of nitrogens with zero attached hydrogens (tertiary/aromatic N) is 2. The van der Waals surface area contributed by atoms with Crippen molar-refractivity contribution in [1.82, 2.24) is 9.88 Å². The fourth-order valence-corrected chi connectivity index (χ4v) is 3.41. The predicted molar refractivity (Wildman–Crippen MR) is 108 cm³/mol. The number of rotatable bonds is 3. The number of halogens is 1. The number of aromatic nitrogens is 1. The molecule has 0 atom stereocenters. The Hall–Kier alpha value is -2.63. The SMILES string of the molecule is Cc1ccc(Cl)cc1Nc1c(C(=O)N2CCOCC2)cnc2ccccc12. The monoisotopic (exact) mass is 381 g/mol. The van der Waals surface area contributed by atoms with Gasteiger partial charge in [0.1, 0.15) is 0 Å². The molecule has 0 saturated carbocycles. The van der Waals surface area contributed by atoms with Gasteiger partial charge in [0.15, 0.2) is 0 Å². The first kappa shape index (κ1) is 17.8. The van der Waals surface area contributed by atoms with Crippen molar-refractivity contribution in [1.29, 1.82) is 0 Å². The number of nitrogens with one attached hydrogen (secondary N) is 1. The highest BCUT2D eigenvalue weighted by atomic mass is 35.5. The van der Waals surface area contributed by atoms with Crippen LogP contribution in [-0.4, -0.2) is 42.1 Å². The number of ether oxygens (including phenoxy) is 1. The average molecular weight is 382 g/mol. The molecule has 4 rings (SSSR count). The molecule has 2 heterocycles. The Kier molecular flexibility index (Phi) is 4.97. The molecular weight excluding hydrogens is 362 g/mol. The first-order valence-electron chi connectivity index (χ1n) is 8.91. The molecule has 5 nitrogen and oxygen atoms in total. The molecule has 138 valence electrons. The topological polar surface area (TPSA) is 54.5 Å². The number of amides is 1. The van der Waals surface area contributed by atoms with Crippen molar-refractivity contribution in [2.24, 2.45) is 0 Å². The molecule has 6 heteroatoms. The Morgan fingerprint density at radius 1 is 1.19 bits per heavy atom. The number of anilines is 2. The van der Waals surface area contributed by atoms with E-state index in [2.05, 4.69) is 10.3 Å². The summed E-state index contributed by atoms with van der Waals surface area (Å²) in [4.78, 5) is 19.5. The second-order valence-corrected chi connectivity index (χ2v) is 6.99. The fourth-order valence-electron chi connectivity index (χ4n) is 3.24. The molecule has 1 fully saturated rings. The van der Waals surface area contributed by atoms with Crippen LogP contribution in [0.15, 0.2) is 48.7 Å². The molecule has 1 amide bonds. The highest BCUT2D eigenvalue weighted by Crippen LogP contribution is 2.32. The second kappa shape index (κ2) is 7.55. The standard InChI is InChI=1S/C21H20ClN3O2/c1-14-6-7-15(22)12-19(14)24-20-16-4-2-3-5-18(16)23-13-17(20)21(26)25-8-10-27-11-9-25/h2-7,12-13H,8-11H2,1H3,(H,23,24). The number of hydrogen-bond donors (Lipinski definition) is 1. The van der Waals surface area contributed by atoms with Gasteiger partial charge in [0.05, 0.1) is 30.0 Å². The summed E-state index contributed by atoms with van der Waals surface area (Å²) in [5.41, 5.74) is 4.05. The molecule has 0 aliphatic carbocycles. The normalized spacial score (nSPS) is 14.4. The highest BCUT2D eigenvalue weighted by molar-refractivity contribution is 6.31. The molecular formula is C21H20ClN3O2. The van der Waals surface area contributed by atoms with Gasteiger partial charge in [-0.2, -0.15) is 0 Å². The van der Waals surface area contributed by atoms with E-state index in [1.807, 2.05) is 54.3 Å². The largest absolute Gasteiger partial charge is 0.378 e. The van der Waals surface area contributed by atoms with Gasteiger partial charge in [0.25, 0.3) is 5.91 Å². The van der Waals surface area contributed by atoms with Gasteiger partial charge >= 0.3 is 0 Å². The third kappa shape index (κ3) is 3.61. The maximum Gasteiger partial charge on any atom is 0.257 e. The number of morpholine rings is 1. The van der Waals surface area contributed by atoms with Crippen LogP contribution in [0.25, 0.3) is 10.9 Å². The second-order valence-electron chi connectivity index (χ2n) is 6.55. The van der Waals surface area contributed by atoms with Crippen molar-refractivity contribution in [2.45, 2.75) is 6.92 Å². The van der Waals surface area contributed by atoms with Crippen molar-refractivity contribution in [3.63, 3.8) is 0 Å². The van der Waals surface area contributed by atoms with Crippen LogP contribution in [0.5, 0.6) is 0 Å². The van der Waals surface area contributed by atoms with Gasteiger partial charge in [-0.05, 0) is 30.7 Å². The van der Waals surface area contributed by atoms with Crippen LogP contribution in [0.2, 0.25) is 5.02 Å². The Morgan fingerprint density at radius 2 is 1.96 bits per heavy atom. The molecule has 3 aromatic rings. The van der Waals surface area contributed by atoms with E-state index in [1.165, 1.54) is 0 Å². The fraction of sp³-hybridized carbons (Fsp3) is 0.238. The molecule has 0 unspecified atom stereocenters. The third-order valence-corrected chi connectivity index (χ3v) is 5.00. The molecule has 0 bridgehead atoms. The molecule has 1 saturated heterocycles. The van der Waals surface area contributed by atoms with Gasteiger partial charge in [-0.3, -0.25) is 9.78 Å². The molecule has 1 aliphatic rings. The van der Waals surface area contributed by atoms with E-state index in [1.54, 1.807) is 6.20 Å². The van der Waals surface area contributed by atoms with E-state index >= 15 is 0 Å². The molecule has 1 aliphatic heterocycles. The Balaban J connectivity index is 1.82. The molecule has 27 heavy (non-hydrogen) atoms. The quantitative estimate of drug-likeness (QED) is 0.730. The van der Waals surface area contributed by atoms with E-state index in [0.717, 1.165) is 27.8 Å². The van der Waals surface area contributed by atoms with E-state index in [0.29, 0.717) is 36.9 Å². The number of pyridine rings is 1. The van der Waals surface area contributed by atoms with E-state index < -0.39 is 0 Å². The highest BCUT2D eigenvalue weighted by Gasteiger charge is 2.23. The summed E-state index contributed by atoms with van der Waals surface area (Å²) in [6.45, 7) is 4.29. The summed E-state index contributed by atoms with van der Waals surface area (Å²) in [5.74, 6) is -0.0428. The maximum atomic E-state index is 13.2. The van der Waals surface area contributed by atoms with Gasteiger partial charge in [0, 0.05) is 35.4 Å². The lowest BCUT2D eigenvalue weighted by molar-refractivity contribution is 0.0303. The van der Waals surface area contributed by atoms with Crippen LogP contribution in [0, 0.1) is 6.92 Å². The van der Waals surface area contributed by atoms with Crippen LogP contribution in [0.3, 0.4) is 0 Å². The molecule has 1 N–H and O–H groups in total. The van der Waals surface area contributed by atoms with Crippen LogP contribution < -0.4 is 5.32 Å². The van der Waals surface area contributed by atoms with Crippen molar-refractivity contribution in [2.75, 3.05) is 31.6 Å². The third-order valence-electron chi connectivity index (χ3n) is 4.76. The summed E-state index contributed by atoms with van der Waals surface area (Å²) in [6, 6.07) is 13.5. The minimum atomic E-state index is -0.0428. The molecule has 0 radical (unpaired) electrons. The van der Waals surface area contributed by atoms with Crippen molar-refractivity contribution < 1.29 is 9.53 Å². The van der Waals surface area contributed by atoms with Gasteiger partial charge in [0.2, 0.25) is 0 Å². The van der Waals surface area contributed by atoms with Gasteiger partial charge in [-0.25, -0.2) is 0 Å². The Labute approximate surface area is 162 Å². The van der Waals surface area contributed by atoms with E-state index in [-0.39, 0.29) is 5.91 Å². The van der Waals surface area contributed by atoms with Crippen LogP contribution in [0.4, 0.5) is 11.4 Å². The number of para-hydroxylation sites is 1. The number of carbonyl (C=O) groups is 1. The maximum absolute atomic E-state index is 13.2. The number of hydrogen-bond acceptors (Lipinski definition) is 4. The number of benzene rings is 2. The zero-order valence-corrected chi connectivity index (χ0v) is 15.8.